The number of aryl methyl sites for hydroxylation is 1. The first-order valence-electron chi connectivity index (χ1n) is 10.4. The van der Waals surface area contributed by atoms with E-state index >= 15 is 0 Å². The van der Waals surface area contributed by atoms with Crippen LogP contribution in [0.2, 0.25) is 0 Å². The highest BCUT2D eigenvalue weighted by molar-refractivity contribution is 5.94. The van der Waals surface area contributed by atoms with E-state index in [0.717, 1.165) is 22.6 Å². The number of nitrogen functional groups attached to an aromatic ring is 1. The van der Waals surface area contributed by atoms with Crippen LogP contribution in [0.3, 0.4) is 0 Å². The van der Waals surface area contributed by atoms with Crippen LogP contribution in [-0.2, 0) is 13.0 Å². The van der Waals surface area contributed by atoms with E-state index in [1.165, 1.54) is 5.56 Å². The van der Waals surface area contributed by atoms with Gasteiger partial charge in [-0.25, -0.2) is 4.98 Å². The summed E-state index contributed by atoms with van der Waals surface area (Å²) in [5, 5.41) is 2.95. The van der Waals surface area contributed by atoms with E-state index in [4.69, 9.17) is 15.5 Å². The van der Waals surface area contributed by atoms with Gasteiger partial charge in [-0.1, -0.05) is 35.9 Å². The molecule has 4 rings (SSSR count). The number of para-hydroxylation sites is 2. The molecule has 0 bridgehead atoms. The quantitative estimate of drug-likeness (QED) is 0.427. The molecule has 1 amide bonds. The molecule has 0 unspecified atom stereocenters. The molecule has 158 valence electrons. The second-order valence-corrected chi connectivity index (χ2v) is 7.46. The van der Waals surface area contributed by atoms with Crippen LogP contribution in [0.5, 0.6) is 5.75 Å². The molecule has 0 aliphatic heterocycles. The Morgan fingerprint density at radius 2 is 1.87 bits per heavy atom. The number of hydrogen-bond donors (Lipinski definition) is 2. The maximum atomic E-state index is 12.4. The minimum absolute atomic E-state index is 0.141. The third kappa shape index (κ3) is 5.04. The lowest BCUT2D eigenvalue weighted by molar-refractivity contribution is 0.0954. The lowest BCUT2D eigenvalue weighted by atomic mass is 10.2. The van der Waals surface area contributed by atoms with Crippen LogP contribution >= 0.6 is 0 Å². The number of imidazole rings is 1. The van der Waals surface area contributed by atoms with Crippen molar-refractivity contribution in [3.05, 3.63) is 89.7 Å². The van der Waals surface area contributed by atoms with Crippen LogP contribution in [0.25, 0.3) is 11.0 Å². The second kappa shape index (κ2) is 9.34. The Kier molecular flexibility index (Phi) is 6.17. The third-order valence-electron chi connectivity index (χ3n) is 5.12. The molecule has 3 aromatic carbocycles. The Labute approximate surface area is 181 Å². The summed E-state index contributed by atoms with van der Waals surface area (Å²) in [6, 6.07) is 23.0. The Morgan fingerprint density at radius 3 is 2.68 bits per heavy atom. The molecule has 1 heterocycles. The molecule has 0 atom stereocenters. The third-order valence-corrected chi connectivity index (χ3v) is 5.12. The number of anilines is 1. The van der Waals surface area contributed by atoms with Crippen molar-refractivity contribution in [2.24, 2.45) is 0 Å². The summed E-state index contributed by atoms with van der Waals surface area (Å²) in [7, 11) is 0. The monoisotopic (exact) mass is 414 g/mol. The van der Waals surface area contributed by atoms with Crippen molar-refractivity contribution >= 4 is 22.6 Å². The molecule has 0 spiro atoms. The zero-order valence-corrected chi connectivity index (χ0v) is 17.5. The first-order valence-corrected chi connectivity index (χ1v) is 10.4. The van der Waals surface area contributed by atoms with Crippen LogP contribution < -0.4 is 15.8 Å². The molecule has 4 aromatic rings. The van der Waals surface area contributed by atoms with Crippen molar-refractivity contribution in [2.45, 2.75) is 19.9 Å². The number of ether oxygens (including phenoxy) is 1. The van der Waals surface area contributed by atoms with Crippen LogP contribution in [0.1, 0.15) is 21.7 Å². The van der Waals surface area contributed by atoms with Gasteiger partial charge in [0.2, 0.25) is 0 Å². The van der Waals surface area contributed by atoms with E-state index in [0.29, 0.717) is 37.4 Å². The van der Waals surface area contributed by atoms with Crippen LogP contribution in [0.4, 0.5) is 5.69 Å². The van der Waals surface area contributed by atoms with Crippen LogP contribution in [0, 0.1) is 6.92 Å². The lowest BCUT2D eigenvalue weighted by Gasteiger charge is -2.12. The fraction of sp³-hybridized carbons (Fsp3) is 0.200. The normalized spacial score (nSPS) is 10.9. The van der Waals surface area contributed by atoms with E-state index < -0.39 is 0 Å². The second-order valence-electron chi connectivity index (χ2n) is 7.46. The minimum atomic E-state index is -0.141. The molecule has 0 radical (unpaired) electrons. The maximum Gasteiger partial charge on any atom is 0.251 e. The first-order chi connectivity index (χ1) is 15.1. The molecule has 0 saturated heterocycles. The predicted octanol–water partition coefficient (Wildman–Crippen LogP) is 3.98. The average molecular weight is 415 g/mol. The summed E-state index contributed by atoms with van der Waals surface area (Å²) in [5.74, 6) is 1.63. The molecule has 31 heavy (non-hydrogen) atoms. The van der Waals surface area contributed by atoms with Gasteiger partial charge in [-0.3, -0.25) is 4.79 Å². The van der Waals surface area contributed by atoms with Gasteiger partial charge in [0.15, 0.2) is 0 Å². The van der Waals surface area contributed by atoms with Crippen molar-refractivity contribution < 1.29 is 9.53 Å². The average Bonchev–Trinajstić information content (AvgIpc) is 3.12. The number of aromatic nitrogens is 2. The highest BCUT2D eigenvalue weighted by Crippen LogP contribution is 2.17. The first kappa shape index (κ1) is 20.5. The van der Waals surface area contributed by atoms with Crippen LogP contribution in [0.15, 0.2) is 72.8 Å². The van der Waals surface area contributed by atoms with Gasteiger partial charge in [-0.2, -0.15) is 0 Å². The Balaban J connectivity index is 1.42. The van der Waals surface area contributed by atoms with Gasteiger partial charge in [0.1, 0.15) is 18.2 Å². The molecule has 6 nitrogen and oxygen atoms in total. The Morgan fingerprint density at radius 1 is 1.06 bits per heavy atom. The van der Waals surface area contributed by atoms with Crippen molar-refractivity contribution in [3.63, 3.8) is 0 Å². The molecule has 0 aliphatic carbocycles. The summed E-state index contributed by atoms with van der Waals surface area (Å²) >= 11 is 0. The molecule has 3 N–H and O–H groups in total. The number of fused-ring (bicyclic) bond motifs is 1. The maximum absolute atomic E-state index is 12.4. The van der Waals surface area contributed by atoms with Gasteiger partial charge in [0, 0.05) is 24.2 Å². The van der Waals surface area contributed by atoms with E-state index in [1.54, 1.807) is 24.3 Å². The molecular formula is C25H26N4O2. The lowest BCUT2D eigenvalue weighted by Crippen LogP contribution is -2.26. The number of benzene rings is 3. The van der Waals surface area contributed by atoms with Gasteiger partial charge < -0.3 is 20.4 Å². The Hall–Kier alpha value is -3.80. The number of rotatable bonds is 8. The molecule has 0 saturated carbocycles. The Bertz CT molecular complexity index is 1180. The SMILES string of the molecule is Cc1ccc(OCCn2c(CCNC(=O)c3cccc(N)c3)nc3ccccc32)cc1. The molecule has 6 heteroatoms. The summed E-state index contributed by atoms with van der Waals surface area (Å²) in [5.41, 5.74) is 10.1. The number of nitrogens with one attached hydrogen (secondary N) is 1. The summed E-state index contributed by atoms with van der Waals surface area (Å²) in [6.45, 7) is 3.74. The largest absolute Gasteiger partial charge is 0.492 e. The molecular weight excluding hydrogens is 388 g/mol. The van der Waals surface area contributed by atoms with Gasteiger partial charge >= 0.3 is 0 Å². The van der Waals surface area contributed by atoms with Crippen LogP contribution in [-0.4, -0.2) is 28.6 Å². The van der Waals surface area contributed by atoms with Gasteiger partial charge in [-0.15, -0.1) is 0 Å². The van der Waals surface area contributed by atoms with E-state index in [1.807, 2.05) is 42.5 Å². The van der Waals surface area contributed by atoms with Crippen molar-refractivity contribution in [3.8, 4) is 5.75 Å². The van der Waals surface area contributed by atoms with E-state index in [2.05, 4.69) is 22.9 Å². The molecule has 0 aliphatic rings. The number of carbonyl (C=O) groups is 1. The number of nitrogens with two attached hydrogens (primary N) is 1. The summed E-state index contributed by atoms with van der Waals surface area (Å²) in [4.78, 5) is 17.2. The smallest absolute Gasteiger partial charge is 0.251 e. The highest BCUT2D eigenvalue weighted by Gasteiger charge is 2.12. The summed E-state index contributed by atoms with van der Waals surface area (Å²) < 4.78 is 8.08. The fourth-order valence-corrected chi connectivity index (χ4v) is 3.52. The highest BCUT2D eigenvalue weighted by atomic mass is 16.5. The minimum Gasteiger partial charge on any atom is -0.492 e. The topological polar surface area (TPSA) is 82.2 Å². The van der Waals surface area contributed by atoms with E-state index in [9.17, 15) is 4.79 Å². The number of amides is 1. The van der Waals surface area contributed by atoms with Crippen molar-refractivity contribution in [2.75, 3.05) is 18.9 Å². The summed E-state index contributed by atoms with van der Waals surface area (Å²) in [6.07, 6.45) is 0.618. The predicted molar refractivity (Wildman–Crippen MR) is 123 cm³/mol. The molecule has 1 aromatic heterocycles. The van der Waals surface area contributed by atoms with Gasteiger partial charge in [-0.05, 0) is 49.4 Å². The fourth-order valence-electron chi connectivity index (χ4n) is 3.52. The molecule has 0 fully saturated rings. The van der Waals surface area contributed by atoms with Crippen molar-refractivity contribution in [1.82, 2.24) is 14.9 Å². The van der Waals surface area contributed by atoms with Gasteiger partial charge in [0.05, 0.1) is 17.6 Å². The van der Waals surface area contributed by atoms with E-state index in [-0.39, 0.29) is 5.91 Å². The zero-order valence-electron chi connectivity index (χ0n) is 17.5. The van der Waals surface area contributed by atoms with Gasteiger partial charge in [0.25, 0.3) is 5.91 Å². The number of hydrogen-bond acceptors (Lipinski definition) is 4. The van der Waals surface area contributed by atoms with Crippen molar-refractivity contribution in [1.29, 1.82) is 0 Å². The number of carbonyl (C=O) groups excluding carboxylic acids is 1. The number of nitrogens with zero attached hydrogens (tertiary/aromatic N) is 2. The standard InChI is InChI=1S/C25H26N4O2/c1-18-9-11-21(12-10-18)31-16-15-29-23-8-3-2-7-22(23)28-24(29)13-14-27-25(30)19-5-4-6-20(26)17-19/h2-12,17H,13-16,26H2,1H3,(H,27,30). The zero-order chi connectivity index (χ0) is 21.6.